The first-order valence-electron chi connectivity index (χ1n) is 4.60. The molecule has 1 heterocycles. The first-order valence-corrected chi connectivity index (χ1v) is 5.36. The normalized spacial score (nSPS) is 10.1. The Bertz CT molecular complexity index is 477. The summed E-state index contributed by atoms with van der Waals surface area (Å²) < 4.78 is 5.41. The maximum atomic E-state index is 5.99. The van der Waals surface area contributed by atoms with Gasteiger partial charge in [-0.05, 0) is 24.3 Å². The van der Waals surface area contributed by atoms with E-state index < -0.39 is 0 Å². The van der Waals surface area contributed by atoms with E-state index in [1.165, 1.54) is 0 Å². The molecule has 16 heavy (non-hydrogen) atoms. The molecule has 82 valence electrons. The number of hydrogen-bond acceptors (Lipinski definition) is 3. The van der Waals surface area contributed by atoms with Gasteiger partial charge in [0.2, 0.25) is 5.88 Å². The van der Waals surface area contributed by atoms with Gasteiger partial charge in [-0.2, -0.15) is 5.10 Å². The number of benzene rings is 1. The molecule has 0 saturated heterocycles. The van der Waals surface area contributed by atoms with Crippen LogP contribution in [0.25, 0.3) is 0 Å². The Morgan fingerprint density at radius 1 is 1.19 bits per heavy atom. The maximum Gasteiger partial charge on any atom is 0.233 e. The fourth-order valence-corrected chi connectivity index (χ4v) is 1.54. The molecule has 2 aromatic rings. The number of nitrogens with zero attached hydrogens (tertiary/aromatic N) is 2. The maximum absolute atomic E-state index is 5.99. The average Bonchev–Trinajstić information content (AvgIpc) is 2.32. The molecule has 0 fully saturated rings. The Labute approximate surface area is 103 Å². The van der Waals surface area contributed by atoms with Gasteiger partial charge in [-0.15, -0.1) is 5.10 Å². The monoisotopic (exact) mass is 254 g/mol. The summed E-state index contributed by atoms with van der Waals surface area (Å²) in [4.78, 5) is 0. The molecule has 0 atom stereocenters. The van der Waals surface area contributed by atoms with E-state index in [-0.39, 0.29) is 0 Å². The quantitative estimate of drug-likeness (QED) is 0.843. The minimum absolute atomic E-state index is 0.318. The van der Waals surface area contributed by atoms with Crippen LogP contribution < -0.4 is 4.74 Å². The Hall–Kier alpha value is -1.32. The third-order valence-electron chi connectivity index (χ3n) is 1.93. The van der Waals surface area contributed by atoms with Crippen molar-refractivity contribution in [3.05, 3.63) is 52.1 Å². The van der Waals surface area contributed by atoms with Crippen LogP contribution in [-0.4, -0.2) is 10.2 Å². The van der Waals surface area contributed by atoms with Crippen LogP contribution in [0.4, 0.5) is 0 Å². The van der Waals surface area contributed by atoms with Gasteiger partial charge in [-0.25, -0.2) is 0 Å². The lowest BCUT2D eigenvalue weighted by atomic mass is 10.2. The molecule has 0 radical (unpaired) electrons. The molecule has 0 aliphatic rings. The van der Waals surface area contributed by atoms with Crippen LogP contribution >= 0.6 is 23.2 Å². The summed E-state index contributed by atoms with van der Waals surface area (Å²) in [5, 5.41) is 8.75. The highest BCUT2D eigenvalue weighted by atomic mass is 35.5. The highest BCUT2D eigenvalue weighted by molar-refractivity contribution is 6.33. The van der Waals surface area contributed by atoms with Crippen LogP contribution in [0, 0.1) is 0 Å². The van der Waals surface area contributed by atoms with Crippen molar-refractivity contribution in [3.8, 4) is 5.88 Å². The van der Waals surface area contributed by atoms with Crippen molar-refractivity contribution in [2.45, 2.75) is 6.61 Å². The number of hydrogen-bond donors (Lipinski definition) is 0. The van der Waals surface area contributed by atoms with Crippen molar-refractivity contribution in [2.24, 2.45) is 0 Å². The zero-order valence-corrected chi connectivity index (χ0v) is 9.74. The number of aromatic nitrogens is 2. The van der Waals surface area contributed by atoms with Crippen molar-refractivity contribution in [2.75, 3.05) is 0 Å². The summed E-state index contributed by atoms with van der Waals surface area (Å²) in [5.41, 5.74) is 0.819. The largest absolute Gasteiger partial charge is 0.472 e. The van der Waals surface area contributed by atoms with Gasteiger partial charge in [0.1, 0.15) is 6.61 Å². The summed E-state index contributed by atoms with van der Waals surface area (Å²) in [6, 6.07) is 8.71. The zero-order valence-electron chi connectivity index (χ0n) is 8.23. The fourth-order valence-electron chi connectivity index (χ4n) is 1.17. The number of halogens is 2. The molecule has 0 saturated carbocycles. The first kappa shape index (κ1) is 11.2. The van der Waals surface area contributed by atoms with Crippen LogP contribution in [0.3, 0.4) is 0 Å². The standard InChI is InChI=1S/C11H8Cl2N2O/c12-9-3-4-10(13)8(6-9)7-16-11-2-1-5-14-15-11/h1-6H,7H2. The molecule has 5 heteroatoms. The second-order valence-electron chi connectivity index (χ2n) is 3.09. The number of rotatable bonds is 3. The summed E-state index contributed by atoms with van der Waals surface area (Å²) in [5.74, 6) is 0.457. The van der Waals surface area contributed by atoms with Crippen molar-refractivity contribution >= 4 is 23.2 Å². The molecule has 0 bridgehead atoms. The molecule has 0 aliphatic heterocycles. The highest BCUT2D eigenvalue weighted by Crippen LogP contribution is 2.21. The van der Waals surface area contributed by atoms with Crippen molar-refractivity contribution in [3.63, 3.8) is 0 Å². The van der Waals surface area contributed by atoms with E-state index in [1.54, 1.807) is 36.5 Å². The molecular formula is C11H8Cl2N2O. The van der Waals surface area contributed by atoms with E-state index in [0.717, 1.165) is 5.56 Å². The summed E-state index contributed by atoms with van der Waals surface area (Å²) in [7, 11) is 0. The molecule has 2 rings (SSSR count). The van der Waals surface area contributed by atoms with Crippen molar-refractivity contribution in [1.82, 2.24) is 10.2 Å². The van der Waals surface area contributed by atoms with Crippen LogP contribution in [-0.2, 0) is 6.61 Å². The van der Waals surface area contributed by atoms with E-state index >= 15 is 0 Å². The summed E-state index contributed by atoms with van der Waals surface area (Å²) >= 11 is 11.8. The predicted octanol–water partition coefficient (Wildman–Crippen LogP) is 3.36. The molecular weight excluding hydrogens is 247 g/mol. The van der Waals surface area contributed by atoms with E-state index in [2.05, 4.69) is 10.2 Å². The molecule has 0 N–H and O–H groups in total. The fraction of sp³-hybridized carbons (Fsp3) is 0.0909. The highest BCUT2D eigenvalue weighted by Gasteiger charge is 2.03. The van der Waals surface area contributed by atoms with Gasteiger partial charge < -0.3 is 4.74 Å². The van der Waals surface area contributed by atoms with Gasteiger partial charge in [0, 0.05) is 27.9 Å². The molecule has 0 aliphatic carbocycles. The smallest absolute Gasteiger partial charge is 0.233 e. The minimum Gasteiger partial charge on any atom is -0.472 e. The topological polar surface area (TPSA) is 35.0 Å². The lowest BCUT2D eigenvalue weighted by Gasteiger charge is -2.06. The van der Waals surface area contributed by atoms with Gasteiger partial charge in [-0.1, -0.05) is 23.2 Å². The Kier molecular flexibility index (Phi) is 3.59. The van der Waals surface area contributed by atoms with Gasteiger partial charge in [-0.3, -0.25) is 0 Å². The van der Waals surface area contributed by atoms with Crippen molar-refractivity contribution in [1.29, 1.82) is 0 Å². The van der Waals surface area contributed by atoms with E-state index in [1.807, 2.05) is 0 Å². The van der Waals surface area contributed by atoms with Gasteiger partial charge in [0.15, 0.2) is 0 Å². The van der Waals surface area contributed by atoms with Gasteiger partial charge >= 0.3 is 0 Å². The van der Waals surface area contributed by atoms with Crippen LogP contribution in [0.1, 0.15) is 5.56 Å². The lowest BCUT2D eigenvalue weighted by molar-refractivity contribution is 0.290. The SMILES string of the molecule is Clc1ccc(Cl)c(COc2cccnn2)c1. The molecule has 3 nitrogen and oxygen atoms in total. The first-order chi connectivity index (χ1) is 7.75. The molecule has 1 aromatic carbocycles. The van der Waals surface area contributed by atoms with Gasteiger partial charge in [0.05, 0.1) is 0 Å². The molecule has 1 aromatic heterocycles. The lowest BCUT2D eigenvalue weighted by Crippen LogP contribution is -1.98. The van der Waals surface area contributed by atoms with Gasteiger partial charge in [0.25, 0.3) is 0 Å². The third-order valence-corrected chi connectivity index (χ3v) is 2.53. The van der Waals surface area contributed by atoms with E-state index in [0.29, 0.717) is 22.5 Å². The molecule has 0 unspecified atom stereocenters. The third kappa shape index (κ3) is 2.84. The summed E-state index contributed by atoms with van der Waals surface area (Å²) in [6.07, 6.45) is 1.58. The Balaban J connectivity index is 2.08. The second kappa shape index (κ2) is 5.14. The van der Waals surface area contributed by atoms with Crippen LogP contribution in [0.2, 0.25) is 10.0 Å². The summed E-state index contributed by atoms with van der Waals surface area (Å²) in [6.45, 7) is 0.318. The minimum atomic E-state index is 0.318. The van der Waals surface area contributed by atoms with Crippen LogP contribution in [0.5, 0.6) is 5.88 Å². The Morgan fingerprint density at radius 3 is 2.81 bits per heavy atom. The average molecular weight is 255 g/mol. The van der Waals surface area contributed by atoms with E-state index in [9.17, 15) is 0 Å². The molecule has 0 spiro atoms. The predicted molar refractivity (Wildman–Crippen MR) is 62.8 cm³/mol. The number of ether oxygens (including phenoxy) is 1. The molecule has 0 amide bonds. The van der Waals surface area contributed by atoms with Crippen molar-refractivity contribution < 1.29 is 4.74 Å². The second-order valence-corrected chi connectivity index (χ2v) is 3.93. The zero-order chi connectivity index (χ0) is 11.4. The van der Waals surface area contributed by atoms with E-state index in [4.69, 9.17) is 27.9 Å². The van der Waals surface area contributed by atoms with Crippen LogP contribution in [0.15, 0.2) is 36.5 Å². The Morgan fingerprint density at radius 2 is 2.06 bits per heavy atom.